The predicted octanol–water partition coefficient (Wildman–Crippen LogP) is 7.66. The van der Waals surface area contributed by atoms with Crippen LogP contribution >= 0.6 is 0 Å². The molecule has 3 heterocycles. The third-order valence-electron chi connectivity index (χ3n) is 8.81. The van der Waals surface area contributed by atoms with Gasteiger partial charge in [-0.05, 0) is 57.3 Å². The Morgan fingerprint density at radius 2 is 1.48 bits per heavy atom. The van der Waals surface area contributed by atoms with Crippen LogP contribution in [0.15, 0.2) is 115 Å². The number of para-hydroxylation sites is 1. The van der Waals surface area contributed by atoms with E-state index in [2.05, 4.69) is 4.98 Å². The number of rotatable bonds is 3. The van der Waals surface area contributed by atoms with Crippen LogP contribution in [-0.2, 0) is 16.0 Å². The Hall–Kier alpha value is -5.56. The number of aliphatic hydroxyl groups is 1. The zero-order valence-electron chi connectivity index (χ0n) is 23.2. The van der Waals surface area contributed by atoms with E-state index in [0.717, 1.165) is 44.6 Å². The molecule has 5 aromatic carbocycles. The third kappa shape index (κ3) is 3.96. The van der Waals surface area contributed by atoms with Gasteiger partial charge in [0.25, 0.3) is 5.91 Å². The first kappa shape index (κ1) is 26.1. The average molecular weight is 583 g/mol. The molecule has 0 radical (unpaired) electrons. The maximum absolute atomic E-state index is 14.2. The second kappa shape index (κ2) is 9.74. The fraction of sp³-hybridized carbons (Fsp3) is 0.0811. The lowest BCUT2D eigenvalue weighted by molar-refractivity contribution is -0.129. The molecule has 5 nitrogen and oxygen atoms in total. The summed E-state index contributed by atoms with van der Waals surface area (Å²) in [5.41, 5.74) is 4.51. The molecular weight excluding hydrogens is 558 g/mol. The van der Waals surface area contributed by atoms with Gasteiger partial charge in [0.05, 0.1) is 6.04 Å². The number of nitrogens with one attached hydrogen (secondary N) is 1. The lowest BCUT2D eigenvalue weighted by Gasteiger charge is -2.37. The number of H-pyrrole nitrogens is 1. The van der Waals surface area contributed by atoms with E-state index in [1.807, 2.05) is 66.7 Å². The first-order chi connectivity index (χ1) is 21.4. The Balaban J connectivity index is 1.26. The first-order valence-electron chi connectivity index (χ1n) is 14.3. The van der Waals surface area contributed by atoms with Crippen molar-refractivity contribution < 1.29 is 23.5 Å². The smallest absolute Gasteiger partial charge is 0.262 e. The standard InChI is InChI=1S/C37H24F2N2O3/c38-26-16-25(17-27(39)18-26)21-9-12-22(13-10-21)34-33-29(28-7-3-4-8-30(28)40-33)19-31-36(43)32(37(44)41(31)34)35(42)24-14-11-20-5-1-2-6-23(20)15-24/h1-18,31,34,40,42H,19H2/b35-32-/t31-,34+/m0/s1. The van der Waals surface area contributed by atoms with Crippen molar-refractivity contribution >= 4 is 39.1 Å². The number of aromatic nitrogens is 1. The molecule has 0 spiro atoms. The van der Waals surface area contributed by atoms with E-state index in [1.54, 1.807) is 29.2 Å². The van der Waals surface area contributed by atoms with Gasteiger partial charge in [0, 0.05) is 34.6 Å². The summed E-state index contributed by atoms with van der Waals surface area (Å²) in [6.07, 6.45) is 0.301. The maximum Gasteiger partial charge on any atom is 0.262 e. The van der Waals surface area contributed by atoms with Crippen LogP contribution in [0.4, 0.5) is 8.78 Å². The van der Waals surface area contributed by atoms with Crippen LogP contribution in [0.2, 0.25) is 0 Å². The number of nitrogens with zero attached hydrogens (tertiary/aromatic N) is 1. The number of Topliss-reactive ketones (excluding diaryl/α,β-unsaturated/α-hetero) is 1. The monoisotopic (exact) mass is 582 g/mol. The summed E-state index contributed by atoms with van der Waals surface area (Å²) in [6, 6.07) is 29.8. The quantitative estimate of drug-likeness (QED) is 0.128. The molecule has 6 aromatic rings. The van der Waals surface area contributed by atoms with E-state index >= 15 is 0 Å². The number of carbonyl (C=O) groups is 2. The Morgan fingerprint density at radius 1 is 0.773 bits per heavy atom. The van der Waals surface area contributed by atoms with Gasteiger partial charge in [0.1, 0.15) is 29.0 Å². The fourth-order valence-electron chi connectivity index (χ4n) is 6.77. The molecule has 0 unspecified atom stereocenters. The molecule has 2 aliphatic heterocycles. The number of hydrogen-bond donors (Lipinski definition) is 2. The lowest BCUT2D eigenvalue weighted by atomic mass is 9.88. The molecule has 1 aromatic heterocycles. The molecule has 1 saturated heterocycles. The Labute approximate surface area is 250 Å². The second-order valence-corrected chi connectivity index (χ2v) is 11.3. The lowest BCUT2D eigenvalue weighted by Crippen LogP contribution is -2.44. The van der Waals surface area contributed by atoms with Crippen molar-refractivity contribution in [1.82, 2.24) is 9.88 Å². The average Bonchev–Trinajstić information content (AvgIpc) is 3.53. The Bertz CT molecular complexity index is 2180. The van der Waals surface area contributed by atoms with Crippen LogP contribution < -0.4 is 0 Å². The van der Waals surface area contributed by atoms with Gasteiger partial charge in [0.15, 0.2) is 5.78 Å². The highest BCUT2D eigenvalue weighted by molar-refractivity contribution is 6.30. The molecule has 0 aliphatic carbocycles. The van der Waals surface area contributed by atoms with E-state index < -0.39 is 35.4 Å². The van der Waals surface area contributed by atoms with Crippen LogP contribution in [0.5, 0.6) is 0 Å². The van der Waals surface area contributed by atoms with Gasteiger partial charge in [-0.2, -0.15) is 0 Å². The van der Waals surface area contributed by atoms with E-state index in [9.17, 15) is 23.5 Å². The normalized spacial score (nSPS) is 19.0. The van der Waals surface area contributed by atoms with Crippen LogP contribution in [0, 0.1) is 11.6 Å². The van der Waals surface area contributed by atoms with Crippen LogP contribution in [0.25, 0.3) is 38.6 Å². The SMILES string of the molecule is O=C1/C(=C(/O)c2ccc3ccccc3c2)C(=O)N2[C@H](c3ccc(-c4cc(F)cc(F)c4)cc3)c3[nH]c4ccccc4c3C[C@@H]12. The number of aliphatic hydroxyl groups excluding tert-OH is 1. The third-order valence-corrected chi connectivity index (χ3v) is 8.81. The topological polar surface area (TPSA) is 73.4 Å². The number of ketones is 1. The molecule has 0 bridgehead atoms. The minimum absolute atomic E-state index is 0.225. The van der Waals surface area contributed by atoms with Crippen LogP contribution in [0.1, 0.15) is 28.4 Å². The molecule has 2 atom stereocenters. The van der Waals surface area contributed by atoms with E-state index in [1.165, 1.54) is 12.1 Å². The van der Waals surface area contributed by atoms with Crippen molar-refractivity contribution in [3.05, 3.63) is 149 Å². The molecule has 8 rings (SSSR count). The van der Waals surface area contributed by atoms with Crippen molar-refractivity contribution in [1.29, 1.82) is 0 Å². The summed E-state index contributed by atoms with van der Waals surface area (Å²) >= 11 is 0. The molecule has 2 N–H and O–H groups in total. The van der Waals surface area contributed by atoms with E-state index in [4.69, 9.17) is 0 Å². The van der Waals surface area contributed by atoms with Gasteiger partial charge in [-0.25, -0.2) is 8.78 Å². The Kier molecular flexibility index (Phi) is 5.78. The predicted molar refractivity (Wildman–Crippen MR) is 165 cm³/mol. The molecule has 0 saturated carbocycles. The zero-order valence-corrected chi connectivity index (χ0v) is 23.2. The molecular formula is C37H24F2N2O3. The zero-order chi connectivity index (χ0) is 30.1. The summed E-state index contributed by atoms with van der Waals surface area (Å²) in [5, 5.41) is 14.2. The second-order valence-electron chi connectivity index (χ2n) is 11.3. The summed E-state index contributed by atoms with van der Waals surface area (Å²) in [6.45, 7) is 0. The number of amides is 1. The van der Waals surface area contributed by atoms with Gasteiger partial charge in [-0.15, -0.1) is 0 Å². The highest BCUT2D eigenvalue weighted by atomic mass is 19.1. The minimum Gasteiger partial charge on any atom is -0.506 e. The van der Waals surface area contributed by atoms with Gasteiger partial charge in [0.2, 0.25) is 0 Å². The summed E-state index contributed by atoms with van der Waals surface area (Å²) in [4.78, 5) is 33.3. The van der Waals surface area contributed by atoms with E-state index in [0.29, 0.717) is 23.1 Å². The minimum atomic E-state index is -0.811. The van der Waals surface area contributed by atoms with Gasteiger partial charge < -0.3 is 15.0 Å². The fourth-order valence-corrected chi connectivity index (χ4v) is 6.77. The summed E-state index contributed by atoms with van der Waals surface area (Å²) in [7, 11) is 0. The van der Waals surface area contributed by atoms with Crippen molar-refractivity contribution in [2.24, 2.45) is 0 Å². The molecule has 7 heteroatoms. The summed E-state index contributed by atoms with van der Waals surface area (Å²) in [5.74, 6) is -2.65. The number of carbonyl (C=O) groups excluding carboxylic acids is 2. The van der Waals surface area contributed by atoms with Crippen molar-refractivity contribution in [2.75, 3.05) is 0 Å². The van der Waals surface area contributed by atoms with Crippen molar-refractivity contribution in [2.45, 2.75) is 18.5 Å². The maximum atomic E-state index is 14.2. The number of halogens is 2. The van der Waals surface area contributed by atoms with Gasteiger partial charge >= 0.3 is 0 Å². The largest absolute Gasteiger partial charge is 0.506 e. The van der Waals surface area contributed by atoms with Crippen molar-refractivity contribution in [3.8, 4) is 11.1 Å². The molecule has 2 aliphatic rings. The highest BCUT2D eigenvalue weighted by Crippen LogP contribution is 2.46. The molecule has 1 fully saturated rings. The summed E-state index contributed by atoms with van der Waals surface area (Å²) < 4.78 is 27.9. The van der Waals surface area contributed by atoms with Gasteiger partial charge in [-0.3, -0.25) is 9.59 Å². The first-order valence-corrected chi connectivity index (χ1v) is 14.3. The number of benzene rings is 5. The number of fused-ring (bicyclic) bond motifs is 5. The number of hydrogen-bond acceptors (Lipinski definition) is 3. The van der Waals surface area contributed by atoms with Gasteiger partial charge in [-0.1, -0.05) is 78.9 Å². The highest BCUT2D eigenvalue weighted by Gasteiger charge is 2.52. The molecule has 214 valence electrons. The van der Waals surface area contributed by atoms with E-state index in [-0.39, 0.29) is 11.3 Å². The number of aromatic amines is 1. The molecule has 44 heavy (non-hydrogen) atoms. The van der Waals surface area contributed by atoms with Crippen LogP contribution in [0.3, 0.4) is 0 Å². The molecule has 1 amide bonds. The van der Waals surface area contributed by atoms with Crippen LogP contribution in [-0.4, -0.2) is 32.7 Å². The van der Waals surface area contributed by atoms with Crippen molar-refractivity contribution in [3.63, 3.8) is 0 Å². The Morgan fingerprint density at radius 3 is 2.25 bits per heavy atom.